The van der Waals surface area contributed by atoms with Crippen LogP contribution in [0.4, 0.5) is 0 Å². The number of imidazole rings is 1. The number of carboxylic acid groups (broad SMARTS) is 1. The molecule has 0 saturated carbocycles. The predicted molar refractivity (Wildman–Crippen MR) is 68.3 cm³/mol. The van der Waals surface area contributed by atoms with Crippen molar-refractivity contribution in [1.29, 1.82) is 0 Å². The van der Waals surface area contributed by atoms with Crippen molar-refractivity contribution < 1.29 is 9.90 Å². The largest absolute Gasteiger partial charge is 0.480 e. The molecule has 0 radical (unpaired) electrons. The van der Waals surface area contributed by atoms with Gasteiger partial charge in [-0.1, -0.05) is 6.92 Å². The van der Waals surface area contributed by atoms with Crippen molar-refractivity contribution in [3.8, 4) is 0 Å². The van der Waals surface area contributed by atoms with Gasteiger partial charge in [0, 0.05) is 32.4 Å². The van der Waals surface area contributed by atoms with Crippen molar-refractivity contribution in [2.45, 2.75) is 32.2 Å². The molecule has 18 heavy (non-hydrogen) atoms. The van der Waals surface area contributed by atoms with Crippen LogP contribution >= 0.6 is 0 Å². The lowest BCUT2D eigenvalue weighted by Gasteiger charge is -2.35. The van der Waals surface area contributed by atoms with E-state index in [1.165, 1.54) is 0 Å². The van der Waals surface area contributed by atoms with Gasteiger partial charge in [0.15, 0.2) is 0 Å². The van der Waals surface area contributed by atoms with Crippen LogP contribution in [0, 0.1) is 5.92 Å². The Morgan fingerprint density at radius 3 is 3.00 bits per heavy atom. The Labute approximate surface area is 107 Å². The average Bonchev–Trinajstić information content (AvgIpc) is 2.73. The van der Waals surface area contributed by atoms with E-state index in [4.69, 9.17) is 0 Å². The Morgan fingerprint density at radius 2 is 2.39 bits per heavy atom. The molecule has 0 aliphatic carbocycles. The zero-order chi connectivity index (χ0) is 13.1. The Balaban J connectivity index is 1.95. The molecule has 100 valence electrons. The highest BCUT2D eigenvalue weighted by Crippen LogP contribution is 2.22. The van der Waals surface area contributed by atoms with Gasteiger partial charge in [-0.3, -0.25) is 9.69 Å². The molecule has 0 aromatic carbocycles. The van der Waals surface area contributed by atoms with Crippen LogP contribution in [-0.2, 0) is 18.3 Å². The lowest BCUT2D eigenvalue weighted by molar-refractivity contribution is -0.145. The lowest BCUT2D eigenvalue weighted by Crippen LogP contribution is -2.47. The van der Waals surface area contributed by atoms with Gasteiger partial charge < -0.3 is 9.67 Å². The molecule has 5 heteroatoms. The second kappa shape index (κ2) is 5.52. The highest BCUT2D eigenvalue weighted by molar-refractivity contribution is 5.73. The maximum atomic E-state index is 11.3. The van der Waals surface area contributed by atoms with Gasteiger partial charge in [-0.15, -0.1) is 0 Å². The first kappa shape index (κ1) is 13.1. The van der Waals surface area contributed by atoms with Crippen molar-refractivity contribution >= 4 is 5.97 Å². The van der Waals surface area contributed by atoms with Crippen molar-refractivity contribution in [3.05, 3.63) is 18.2 Å². The number of likely N-dealkylation sites (tertiary alicyclic amines) is 1. The number of piperidine rings is 1. The summed E-state index contributed by atoms with van der Waals surface area (Å²) in [7, 11) is 1.97. The molecule has 5 nitrogen and oxygen atoms in total. The molecule has 1 N–H and O–H groups in total. The fourth-order valence-corrected chi connectivity index (χ4v) is 2.60. The Kier molecular flexibility index (Phi) is 4.01. The van der Waals surface area contributed by atoms with E-state index in [2.05, 4.69) is 16.8 Å². The summed E-state index contributed by atoms with van der Waals surface area (Å²) in [6.45, 7) is 3.78. The van der Waals surface area contributed by atoms with Crippen LogP contribution in [0.25, 0.3) is 0 Å². The molecule has 2 heterocycles. The Morgan fingerprint density at radius 1 is 1.61 bits per heavy atom. The number of nitrogens with zero attached hydrogens (tertiary/aromatic N) is 3. The van der Waals surface area contributed by atoms with Crippen molar-refractivity contribution in [1.82, 2.24) is 14.5 Å². The third-order valence-corrected chi connectivity index (χ3v) is 3.80. The molecule has 0 bridgehead atoms. The van der Waals surface area contributed by atoms with Crippen LogP contribution in [0.15, 0.2) is 12.4 Å². The normalized spacial score (nSPS) is 25.2. The highest BCUT2D eigenvalue weighted by atomic mass is 16.4. The summed E-state index contributed by atoms with van der Waals surface area (Å²) in [5, 5.41) is 9.28. The standard InChI is InChI=1S/C13H21N3O2/c1-10-3-6-16(11(9-10)13(17)18)7-4-12-14-5-8-15(12)2/h5,8,10-11H,3-4,6-7,9H2,1-2H3,(H,17,18). The van der Waals surface area contributed by atoms with Gasteiger partial charge in [-0.05, 0) is 25.3 Å². The number of carboxylic acids is 1. The fourth-order valence-electron chi connectivity index (χ4n) is 2.60. The molecule has 1 aromatic rings. The summed E-state index contributed by atoms with van der Waals surface area (Å²) >= 11 is 0. The monoisotopic (exact) mass is 251 g/mol. The molecule has 2 unspecified atom stereocenters. The maximum Gasteiger partial charge on any atom is 0.320 e. The first-order chi connectivity index (χ1) is 8.58. The zero-order valence-electron chi connectivity index (χ0n) is 11.0. The summed E-state index contributed by atoms with van der Waals surface area (Å²) in [5.74, 6) is 0.828. The van der Waals surface area contributed by atoms with Crippen molar-refractivity contribution in [2.75, 3.05) is 13.1 Å². The van der Waals surface area contributed by atoms with Crippen molar-refractivity contribution in [3.63, 3.8) is 0 Å². The molecule has 1 saturated heterocycles. The van der Waals surface area contributed by atoms with Crippen LogP contribution in [0.2, 0.25) is 0 Å². The number of aromatic nitrogens is 2. The predicted octanol–water partition coefficient (Wildman–Crippen LogP) is 1.15. The van der Waals surface area contributed by atoms with E-state index in [0.717, 1.165) is 38.2 Å². The van der Waals surface area contributed by atoms with Gasteiger partial charge in [-0.2, -0.15) is 0 Å². The fraction of sp³-hybridized carbons (Fsp3) is 0.692. The topological polar surface area (TPSA) is 58.4 Å². The third kappa shape index (κ3) is 2.90. The number of aliphatic carboxylic acids is 1. The number of hydrogen-bond donors (Lipinski definition) is 1. The number of hydrogen-bond acceptors (Lipinski definition) is 3. The van der Waals surface area contributed by atoms with Gasteiger partial charge in [0.25, 0.3) is 0 Å². The average molecular weight is 251 g/mol. The quantitative estimate of drug-likeness (QED) is 0.872. The molecule has 1 aliphatic rings. The second-order valence-corrected chi connectivity index (χ2v) is 5.22. The van der Waals surface area contributed by atoms with E-state index >= 15 is 0 Å². The molecule has 2 rings (SSSR count). The van der Waals surface area contributed by atoms with E-state index in [-0.39, 0.29) is 6.04 Å². The van der Waals surface area contributed by atoms with E-state index in [0.29, 0.717) is 5.92 Å². The minimum Gasteiger partial charge on any atom is -0.480 e. The van der Waals surface area contributed by atoms with Gasteiger partial charge in [0.2, 0.25) is 0 Å². The Hall–Kier alpha value is -1.36. The van der Waals surface area contributed by atoms with Gasteiger partial charge in [0.1, 0.15) is 11.9 Å². The van der Waals surface area contributed by atoms with Crippen LogP contribution in [0.3, 0.4) is 0 Å². The zero-order valence-corrected chi connectivity index (χ0v) is 11.0. The molecule has 2 atom stereocenters. The lowest BCUT2D eigenvalue weighted by atomic mass is 9.92. The van der Waals surface area contributed by atoms with E-state index in [1.807, 2.05) is 17.8 Å². The van der Waals surface area contributed by atoms with E-state index in [1.54, 1.807) is 6.20 Å². The van der Waals surface area contributed by atoms with Crippen LogP contribution in [0.5, 0.6) is 0 Å². The summed E-state index contributed by atoms with van der Waals surface area (Å²) in [6, 6.07) is -0.325. The highest BCUT2D eigenvalue weighted by Gasteiger charge is 2.31. The molecule has 1 aliphatic heterocycles. The first-order valence-corrected chi connectivity index (χ1v) is 6.51. The minimum atomic E-state index is -0.693. The summed E-state index contributed by atoms with van der Waals surface area (Å²) in [4.78, 5) is 17.6. The third-order valence-electron chi connectivity index (χ3n) is 3.80. The number of carbonyl (C=O) groups is 1. The minimum absolute atomic E-state index is 0.325. The molecule has 1 fully saturated rings. The van der Waals surface area contributed by atoms with Crippen LogP contribution < -0.4 is 0 Å². The summed E-state index contributed by atoms with van der Waals surface area (Å²) < 4.78 is 1.99. The van der Waals surface area contributed by atoms with Crippen LogP contribution in [-0.4, -0.2) is 44.7 Å². The molecule has 0 amide bonds. The molecule has 0 spiro atoms. The maximum absolute atomic E-state index is 11.3. The Bertz CT molecular complexity index is 416. The first-order valence-electron chi connectivity index (χ1n) is 6.51. The smallest absolute Gasteiger partial charge is 0.320 e. The molecule has 1 aromatic heterocycles. The summed E-state index contributed by atoms with van der Waals surface area (Å²) in [5.41, 5.74) is 0. The van der Waals surface area contributed by atoms with Gasteiger partial charge in [0.05, 0.1) is 0 Å². The van der Waals surface area contributed by atoms with Crippen LogP contribution in [0.1, 0.15) is 25.6 Å². The van der Waals surface area contributed by atoms with Gasteiger partial charge >= 0.3 is 5.97 Å². The van der Waals surface area contributed by atoms with E-state index < -0.39 is 5.97 Å². The molecular weight excluding hydrogens is 230 g/mol. The summed E-state index contributed by atoms with van der Waals surface area (Å²) in [6.07, 6.45) is 6.35. The SMILES string of the molecule is CC1CCN(CCc2nccn2C)C(C(=O)O)C1. The van der Waals surface area contributed by atoms with Gasteiger partial charge in [-0.25, -0.2) is 4.98 Å². The van der Waals surface area contributed by atoms with Crippen molar-refractivity contribution in [2.24, 2.45) is 13.0 Å². The molecular formula is C13H21N3O2. The van der Waals surface area contributed by atoms with E-state index in [9.17, 15) is 9.90 Å². The number of aryl methyl sites for hydroxylation is 1. The number of rotatable bonds is 4. The second-order valence-electron chi connectivity index (χ2n) is 5.22.